The van der Waals surface area contributed by atoms with Crippen LogP contribution in [0.15, 0.2) is 30.5 Å². The molecule has 222 valence electrons. The topological polar surface area (TPSA) is 192 Å². The third-order valence-corrected chi connectivity index (χ3v) is 7.24. The summed E-state index contributed by atoms with van der Waals surface area (Å²) in [5.74, 6) is -1.95. The quantitative estimate of drug-likeness (QED) is 0.130. The van der Waals surface area contributed by atoms with Crippen LogP contribution < -0.4 is 27.4 Å². The molecule has 4 atom stereocenters. The number of nitrogens with two attached hydrogens (primary N) is 2. The van der Waals surface area contributed by atoms with E-state index in [1.807, 2.05) is 44.4 Å². The standard InChI is InChI=1S/C28H44N6O5S/c1-17(2)14-20(30)25(35)32-22(11-13-40-3)26(36)34-24(15-18-16-31-21-9-5-4-8-19(18)21)27(37)33-23(28(38)39)10-6-7-12-29/h4-5,8-9,16-17,20,22-24,31H,6-7,10-15,29-30H2,1-3H3,(H,32,35)(H,33,37)(H,34,36)(H,38,39). The van der Waals surface area contributed by atoms with E-state index in [1.165, 1.54) is 11.8 Å². The third-order valence-electron chi connectivity index (χ3n) is 6.60. The number of aromatic nitrogens is 1. The summed E-state index contributed by atoms with van der Waals surface area (Å²) in [6, 6.07) is 3.69. The first-order chi connectivity index (χ1) is 19.1. The summed E-state index contributed by atoms with van der Waals surface area (Å²) < 4.78 is 0. The summed E-state index contributed by atoms with van der Waals surface area (Å²) >= 11 is 1.52. The normalized spacial score (nSPS) is 14.3. The monoisotopic (exact) mass is 576 g/mol. The summed E-state index contributed by atoms with van der Waals surface area (Å²) in [4.78, 5) is 54.7. The Morgan fingerprint density at radius 1 is 0.950 bits per heavy atom. The van der Waals surface area contributed by atoms with Crippen molar-refractivity contribution in [1.29, 1.82) is 0 Å². The van der Waals surface area contributed by atoms with Crippen molar-refractivity contribution in [2.24, 2.45) is 17.4 Å². The number of nitrogens with one attached hydrogen (secondary N) is 4. The third kappa shape index (κ3) is 10.5. The minimum absolute atomic E-state index is 0.118. The zero-order valence-electron chi connectivity index (χ0n) is 23.6. The Hall–Kier alpha value is -3.09. The van der Waals surface area contributed by atoms with Gasteiger partial charge in [-0.1, -0.05) is 32.0 Å². The molecule has 0 spiro atoms. The van der Waals surface area contributed by atoms with Crippen LogP contribution in [0.3, 0.4) is 0 Å². The Bertz CT molecular complexity index is 1120. The summed E-state index contributed by atoms with van der Waals surface area (Å²) in [5.41, 5.74) is 13.2. The fraction of sp³-hybridized carbons (Fsp3) is 0.571. The zero-order chi connectivity index (χ0) is 29.7. The molecule has 12 heteroatoms. The highest BCUT2D eigenvalue weighted by Gasteiger charge is 2.31. The van der Waals surface area contributed by atoms with Crippen LogP contribution in [-0.2, 0) is 25.6 Å². The molecule has 0 bridgehead atoms. The SMILES string of the molecule is CSCCC(NC(=O)C(N)CC(C)C)C(=O)NC(Cc1c[nH]c2ccccc12)C(=O)NC(CCCCN)C(=O)O. The van der Waals surface area contributed by atoms with Crippen LogP contribution in [0, 0.1) is 5.92 Å². The van der Waals surface area contributed by atoms with Gasteiger partial charge in [0.15, 0.2) is 0 Å². The van der Waals surface area contributed by atoms with Crippen LogP contribution in [0.4, 0.5) is 0 Å². The Morgan fingerprint density at radius 3 is 2.25 bits per heavy atom. The van der Waals surface area contributed by atoms with Crippen LogP contribution in [-0.4, -0.2) is 76.5 Å². The molecule has 0 saturated heterocycles. The van der Waals surface area contributed by atoms with Crippen molar-refractivity contribution in [2.45, 2.75) is 76.5 Å². The number of aliphatic carboxylic acids is 1. The summed E-state index contributed by atoms with van der Waals surface area (Å²) in [5, 5.41) is 18.7. The minimum Gasteiger partial charge on any atom is -0.480 e. The van der Waals surface area contributed by atoms with Crippen LogP contribution in [0.25, 0.3) is 10.9 Å². The van der Waals surface area contributed by atoms with Gasteiger partial charge in [0.05, 0.1) is 6.04 Å². The number of unbranched alkanes of at least 4 members (excludes halogenated alkanes) is 1. The van der Waals surface area contributed by atoms with E-state index >= 15 is 0 Å². The van der Waals surface area contributed by atoms with Crippen molar-refractivity contribution >= 4 is 46.4 Å². The molecule has 9 N–H and O–H groups in total. The highest BCUT2D eigenvalue weighted by Crippen LogP contribution is 2.19. The van der Waals surface area contributed by atoms with Gasteiger partial charge in [0.2, 0.25) is 17.7 Å². The van der Waals surface area contributed by atoms with Gasteiger partial charge in [-0.2, -0.15) is 11.8 Å². The van der Waals surface area contributed by atoms with Gasteiger partial charge in [-0.3, -0.25) is 14.4 Å². The predicted octanol–water partition coefficient (Wildman–Crippen LogP) is 1.50. The van der Waals surface area contributed by atoms with Crippen LogP contribution in [0.5, 0.6) is 0 Å². The highest BCUT2D eigenvalue weighted by atomic mass is 32.2. The number of rotatable bonds is 18. The molecule has 0 radical (unpaired) electrons. The van der Waals surface area contributed by atoms with Gasteiger partial charge in [0.1, 0.15) is 18.1 Å². The van der Waals surface area contributed by atoms with Gasteiger partial charge in [0, 0.05) is 23.5 Å². The first kappa shape index (κ1) is 33.1. The second kappa shape index (κ2) is 16.9. The van der Waals surface area contributed by atoms with Gasteiger partial charge >= 0.3 is 5.97 Å². The lowest BCUT2D eigenvalue weighted by Gasteiger charge is -2.25. The predicted molar refractivity (Wildman–Crippen MR) is 159 cm³/mol. The van der Waals surface area contributed by atoms with E-state index in [9.17, 15) is 24.3 Å². The van der Waals surface area contributed by atoms with Crippen LogP contribution in [0.1, 0.15) is 51.5 Å². The molecule has 0 aliphatic rings. The fourth-order valence-electron chi connectivity index (χ4n) is 4.42. The number of fused-ring (bicyclic) bond motifs is 1. The van der Waals surface area contributed by atoms with Crippen molar-refractivity contribution in [3.63, 3.8) is 0 Å². The van der Waals surface area contributed by atoms with Crippen molar-refractivity contribution in [3.05, 3.63) is 36.0 Å². The van der Waals surface area contributed by atoms with Crippen molar-refractivity contribution in [1.82, 2.24) is 20.9 Å². The molecular formula is C28H44N6O5S. The van der Waals surface area contributed by atoms with Crippen LogP contribution >= 0.6 is 11.8 Å². The lowest BCUT2D eigenvalue weighted by atomic mass is 10.0. The fourth-order valence-corrected chi connectivity index (χ4v) is 4.89. The van der Waals surface area contributed by atoms with E-state index in [-0.39, 0.29) is 18.8 Å². The maximum Gasteiger partial charge on any atom is 0.326 e. The minimum atomic E-state index is -1.16. The van der Waals surface area contributed by atoms with Gasteiger partial charge in [-0.15, -0.1) is 0 Å². The number of aromatic amines is 1. The number of amides is 3. The average Bonchev–Trinajstić information content (AvgIpc) is 3.32. The molecule has 11 nitrogen and oxygen atoms in total. The maximum absolute atomic E-state index is 13.5. The number of carboxylic acid groups (broad SMARTS) is 1. The lowest BCUT2D eigenvalue weighted by Crippen LogP contribution is -2.57. The summed E-state index contributed by atoms with van der Waals surface area (Å²) in [7, 11) is 0. The van der Waals surface area contributed by atoms with E-state index < -0.39 is 47.9 Å². The van der Waals surface area contributed by atoms with E-state index in [0.29, 0.717) is 38.0 Å². The first-order valence-electron chi connectivity index (χ1n) is 13.7. The number of carbonyl (C=O) groups excluding carboxylic acids is 3. The summed E-state index contributed by atoms with van der Waals surface area (Å²) in [6.07, 6.45) is 5.97. The second-order valence-electron chi connectivity index (χ2n) is 10.4. The first-order valence-corrected chi connectivity index (χ1v) is 15.1. The number of carbonyl (C=O) groups is 4. The largest absolute Gasteiger partial charge is 0.480 e. The summed E-state index contributed by atoms with van der Waals surface area (Å²) in [6.45, 7) is 4.34. The molecule has 4 unspecified atom stereocenters. The van der Waals surface area contributed by atoms with E-state index in [4.69, 9.17) is 11.5 Å². The molecule has 1 aromatic carbocycles. The van der Waals surface area contributed by atoms with Crippen molar-refractivity contribution in [3.8, 4) is 0 Å². The Morgan fingerprint density at radius 2 is 1.60 bits per heavy atom. The van der Waals surface area contributed by atoms with Gasteiger partial charge in [0.25, 0.3) is 0 Å². The van der Waals surface area contributed by atoms with Gasteiger partial charge in [-0.25, -0.2) is 4.79 Å². The smallest absolute Gasteiger partial charge is 0.326 e. The molecule has 40 heavy (non-hydrogen) atoms. The number of benzene rings is 1. The number of hydrogen-bond acceptors (Lipinski definition) is 7. The molecule has 0 fully saturated rings. The molecule has 2 rings (SSSR count). The number of thioether (sulfide) groups is 1. The Balaban J connectivity index is 2.28. The number of hydrogen-bond donors (Lipinski definition) is 7. The number of para-hydroxylation sites is 1. The molecule has 1 aromatic heterocycles. The molecular weight excluding hydrogens is 532 g/mol. The second-order valence-corrected chi connectivity index (χ2v) is 11.4. The van der Waals surface area contributed by atoms with Gasteiger partial charge in [-0.05, 0) is 68.2 Å². The molecule has 0 aliphatic carbocycles. The Labute approximate surface area is 240 Å². The van der Waals surface area contributed by atoms with Crippen molar-refractivity contribution < 1.29 is 24.3 Å². The lowest BCUT2D eigenvalue weighted by molar-refractivity contribution is -0.142. The van der Waals surface area contributed by atoms with E-state index in [1.54, 1.807) is 6.20 Å². The molecule has 2 aromatic rings. The highest BCUT2D eigenvalue weighted by molar-refractivity contribution is 7.98. The van der Waals surface area contributed by atoms with E-state index in [2.05, 4.69) is 20.9 Å². The molecule has 0 saturated carbocycles. The maximum atomic E-state index is 13.5. The van der Waals surface area contributed by atoms with Crippen molar-refractivity contribution in [2.75, 3.05) is 18.6 Å². The van der Waals surface area contributed by atoms with Gasteiger partial charge < -0.3 is 37.5 Å². The molecule has 1 heterocycles. The van der Waals surface area contributed by atoms with Crippen LogP contribution in [0.2, 0.25) is 0 Å². The molecule has 0 aliphatic heterocycles. The average molecular weight is 577 g/mol. The number of carboxylic acids is 1. The number of H-pyrrole nitrogens is 1. The van der Waals surface area contributed by atoms with E-state index in [0.717, 1.165) is 16.5 Å². The zero-order valence-corrected chi connectivity index (χ0v) is 24.4. The Kier molecular flexibility index (Phi) is 14.0. The molecule has 3 amide bonds.